The van der Waals surface area contributed by atoms with E-state index in [0.29, 0.717) is 5.82 Å². The summed E-state index contributed by atoms with van der Waals surface area (Å²) >= 11 is 5.71. The van der Waals surface area contributed by atoms with E-state index in [1.165, 1.54) is 0 Å². The number of rotatable bonds is 2. The first-order valence-electron chi connectivity index (χ1n) is 4.42. The quantitative estimate of drug-likeness (QED) is 0.791. The predicted octanol–water partition coefficient (Wildman–Crippen LogP) is 2.58. The van der Waals surface area contributed by atoms with E-state index in [9.17, 15) is 0 Å². The third-order valence-corrected chi connectivity index (χ3v) is 2.05. The Kier molecular flexibility index (Phi) is 2.78. The number of nitrogens with zero attached hydrogens (tertiary/aromatic N) is 3. The van der Waals surface area contributed by atoms with Gasteiger partial charge in [-0.1, -0.05) is 0 Å². The van der Waals surface area contributed by atoms with Gasteiger partial charge >= 0.3 is 0 Å². The minimum Gasteiger partial charge on any atom is -0.339 e. The van der Waals surface area contributed by atoms with E-state index in [0.717, 1.165) is 11.3 Å². The van der Waals surface area contributed by atoms with Crippen LogP contribution in [0.25, 0.3) is 0 Å². The van der Waals surface area contributed by atoms with Gasteiger partial charge in [0.15, 0.2) is 0 Å². The molecule has 2 aromatic heterocycles. The van der Waals surface area contributed by atoms with Crippen molar-refractivity contribution in [3.05, 3.63) is 41.6 Å². The predicted molar refractivity (Wildman–Crippen MR) is 59.3 cm³/mol. The van der Waals surface area contributed by atoms with Gasteiger partial charge in [0.25, 0.3) is 0 Å². The molecule has 2 rings (SSSR count). The second-order valence-electron chi connectivity index (χ2n) is 3.04. The van der Waals surface area contributed by atoms with Crippen molar-refractivity contribution >= 4 is 23.1 Å². The van der Waals surface area contributed by atoms with E-state index in [1.807, 2.05) is 19.1 Å². The van der Waals surface area contributed by atoms with Gasteiger partial charge in [-0.15, -0.1) is 0 Å². The second kappa shape index (κ2) is 4.23. The van der Waals surface area contributed by atoms with Gasteiger partial charge in [-0.25, -0.2) is 9.97 Å². The highest BCUT2D eigenvalue weighted by atomic mass is 35.5. The van der Waals surface area contributed by atoms with Gasteiger partial charge < -0.3 is 5.32 Å². The van der Waals surface area contributed by atoms with Gasteiger partial charge in [-0.3, -0.25) is 4.98 Å². The Hall–Kier alpha value is -1.68. The summed E-state index contributed by atoms with van der Waals surface area (Å²) in [4.78, 5) is 12.0. The molecule has 0 aromatic carbocycles. The van der Waals surface area contributed by atoms with E-state index in [2.05, 4.69) is 20.3 Å². The summed E-state index contributed by atoms with van der Waals surface area (Å²) < 4.78 is 0. The number of pyridine rings is 1. The summed E-state index contributed by atoms with van der Waals surface area (Å²) in [6, 6.07) is 3.75. The molecule has 0 radical (unpaired) electrons. The zero-order valence-corrected chi connectivity index (χ0v) is 8.86. The minimum absolute atomic E-state index is 0.229. The standard InChI is InChI=1S/C10H9ClN4/c1-7-5-13-10(11)15-9(7)14-8-3-2-4-12-6-8/h2-6H,1H3,(H,13,14,15). The molecule has 0 spiro atoms. The maximum atomic E-state index is 5.71. The lowest BCUT2D eigenvalue weighted by atomic mass is 10.3. The van der Waals surface area contributed by atoms with Crippen molar-refractivity contribution in [2.75, 3.05) is 5.32 Å². The van der Waals surface area contributed by atoms with Crippen LogP contribution < -0.4 is 5.32 Å². The van der Waals surface area contributed by atoms with Gasteiger partial charge in [-0.2, -0.15) is 0 Å². The fourth-order valence-corrected chi connectivity index (χ4v) is 1.25. The number of halogens is 1. The molecule has 5 heteroatoms. The first-order valence-corrected chi connectivity index (χ1v) is 4.80. The summed E-state index contributed by atoms with van der Waals surface area (Å²) in [6.45, 7) is 1.91. The lowest BCUT2D eigenvalue weighted by Crippen LogP contribution is -1.98. The zero-order valence-electron chi connectivity index (χ0n) is 8.11. The highest BCUT2D eigenvalue weighted by molar-refractivity contribution is 6.28. The topological polar surface area (TPSA) is 50.7 Å². The molecule has 0 saturated carbocycles. The molecular weight excluding hydrogens is 212 g/mol. The van der Waals surface area contributed by atoms with Crippen LogP contribution >= 0.6 is 11.6 Å². The molecule has 15 heavy (non-hydrogen) atoms. The van der Waals surface area contributed by atoms with Crippen LogP contribution in [0.3, 0.4) is 0 Å². The van der Waals surface area contributed by atoms with Crippen LogP contribution in [0, 0.1) is 6.92 Å². The SMILES string of the molecule is Cc1cnc(Cl)nc1Nc1cccnc1. The molecule has 76 valence electrons. The van der Waals surface area contributed by atoms with Crippen LogP contribution in [0.2, 0.25) is 5.28 Å². The van der Waals surface area contributed by atoms with E-state index in [-0.39, 0.29) is 5.28 Å². The Balaban J connectivity index is 2.28. The molecular formula is C10H9ClN4. The normalized spacial score (nSPS) is 10.0. The molecule has 1 N–H and O–H groups in total. The van der Waals surface area contributed by atoms with Gasteiger partial charge in [0.1, 0.15) is 5.82 Å². The summed E-state index contributed by atoms with van der Waals surface area (Å²) in [5.74, 6) is 0.697. The Labute approximate surface area is 92.4 Å². The molecule has 0 aliphatic rings. The molecule has 0 fully saturated rings. The molecule has 0 bridgehead atoms. The molecule has 2 heterocycles. The summed E-state index contributed by atoms with van der Waals surface area (Å²) in [5.41, 5.74) is 1.80. The second-order valence-corrected chi connectivity index (χ2v) is 3.38. The van der Waals surface area contributed by atoms with Crippen LogP contribution in [0.4, 0.5) is 11.5 Å². The van der Waals surface area contributed by atoms with Crippen molar-refractivity contribution in [2.45, 2.75) is 6.92 Å². The van der Waals surface area contributed by atoms with E-state index in [4.69, 9.17) is 11.6 Å². The van der Waals surface area contributed by atoms with Crippen LogP contribution in [0.5, 0.6) is 0 Å². The molecule has 4 nitrogen and oxygen atoms in total. The van der Waals surface area contributed by atoms with Gasteiger partial charge in [0.2, 0.25) is 5.28 Å². The van der Waals surface area contributed by atoms with E-state index >= 15 is 0 Å². The van der Waals surface area contributed by atoms with Crippen molar-refractivity contribution < 1.29 is 0 Å². The van der Waals surface area contributed by atoms with Gasteiger partial charge in [0.05, 0.1) is 11.9 Å². The maximum Gasteiger partial charge on any atom is 0.224 e. The Morgan fingerprint density at radius 2 is 2.20 bits per heavy atom. The summed E-state index contributed by atoms with van der Waals surface area (Å²) in [5, 5.41) is 3.34. The number of nitrogens with one attached hydrogen (secondary N) is 1. The van der Waals surface area contributed by atoms with Crippen LogP contribution in [-0.2, 0) is 0 Å². The van der Waals surface area contributed by atoms with Gasteiger partial charge in [-0.05, 0) is 30.7 Å². The minimum atomic E-state index is 0.229. The summed E-state index contributed by atoms with van der Waals surface area (Å²) in [6.07, 6.45) is 5.11. The maximum absolute atomic E-state index is 5.71. The number of aromatic nitrogens is 3. The van der Waals surface area contributed by atoms with Crippen LogP contribution in [0.15, 0.2) is 30.7 Å². The van der Waals surface area contributed by atoms with Gasteiger partial charge in [0, 0.05) is 18.0 Å². The molecule has 2 aromatic rings. The number of hydrogen-bond acceptors (Lipinski definition) is 4. The smallest absolute Gasteiger partial charge is 0.224 e. The summed E-state index contributed by atoms with van der Waals surface area (Å²) in [7, 11) is 0. The monoisotopic (exact) mass is 220 g/mol. The van der Waals surface area contributed by atoms with Crippen molar-refractivity contribution in [1.29, 1.82) is 0 Å². The van der Waals surface area contributed by atoms with Crippen molar-refractivity contribution in [1.82, 2.24) is 15.0 Å². The number of anilines is 2. The Morgan fingerprint density at radius 1 is 1.33 bits per heavy atom. The fraction of sp³-hybridized carbons (Fsp3) is 0.100. The number of hydrogen-bond donors (Lipinski definition) is 1. The van der Waals surface area contributed by atoms with Crippen molar-refractivity contribution in [3.8, 4) is 0 Å². The highest BCUT2D eigenvalue weighted by Crippen LogP contribution is 2.17. The largest absolute Gasteiger partial charge is 0.339 e. The third kappa shape index (κ3) is 2.41. The fourth-order valence-electron chi connectivity index (χ4n) is 1.12. The van der Waals surface area contributed by atoms with Crippen LogP contribution in [0.1, 0.15) is 5.56 Å². The molecule has 0 atom stereocenters. The van der Waals surface area contributed by atoms with Crippen molar-refractivity contribution in [2.24, 2.45) is 0 Å². The average Bonchev–Trinajstić information content (AvgIpc) is 2.25. The van der Waals surface area contributed by atoms with Crippen LogP contribution in [-0.4, -0.2) is 15.0 Å². The van der Waals surface area contributed by atoms with E-state index < -0.39 is 0 Å². The first-order chi connectivity index (χ1) is 7.25. The zero-order chi connectivity index (χ0) is 10.7. The Morgan fingerprint density at radius 3 is 2.93 bits per heavy atom. The van der Waals surface area contributed by atoms with E-state index in [1.54, 1.807) is 18.6 Å². The molecule has 0 saturated heterocycles. The lowest BCUT2D eigenvalue weighted by Gasteiger charge is -2.07. The highest BCUT2D eigenvalue weighted by Gasteiger charge is 2.02. The first kappa shape index (κ1) is 9.86. The lowest BCUT2D eigenvalue weighted by molar-refractivity contribution is 1.13. The third-order valence-electron chi connectivity index (χ3n) is 1.87. The number of aryl methyl sites for hydroxylation is 1. The molecule has 0 unspecified atom stereocenters. The average molecular weight is 221 g/mol. The van der Waals surface area contributed by atoms with Crippen molar-refractivity contribution in [3.63, 3.8) is 0 Å². The molecule has 0 amide bonds. The molecule has 0 aliphatic heterocycles. The molecule has 0 aliphatic carbocycles. The Bertz CT molecular complexity index is 458.